The first-order chi connectivity index (χ1) is 13.4. The summed E-state index contributed by atoms with van der Waals surface area (Å²) in [6.45, 7) is 9.29. The smallest absolute Gasteiger partial charge is 0.129 e. The molecule has 0 amide bonds. The van der Waals surface area contributed by atoms with Crippen LogP contribution < -0.4 is 15.2 Å². The van der Waals surface area contributed by atoms with Crippen LogP contribution in [0.4, 0.5) is 0 Å². The van der Waals surface area contributed by atoms with Crippen LogP contribution in [0.25, 0.3) is 0 Å². The van der Waals surface area contributed by atoms with Gasteiger partial charge in [-0.1, -0.05) is 18.2 Å². The minimum Gasteiger partial charge on any atom is -0.492 e. The van der Waals surface area contributed by atoms with Gasteiger partial charge in [0, 0.05) is 26.2 Å². The molecule has 2 aromatic carbocycles. The number of nitrogens with two attached hydrogens (primary N) is 1. The molecule has 29 heavy (non-hydrogen) atoms. The molecule has 3 rings (SSSR count). The van der Waals surface area contributed by atoms with Gasteiger partial charge in [0.25, 0.3) is 0 Å². The molecule has 0 radical (unpaired) electrons. The third-order valence-electron chi connectivity index (χ3n) is 5.13. The highest BCUT2D eigenvalue weighted by molar-refractivity contribution is 5.85. The molecule has 2 aromatic rings. The molecule has 2 atom stereocenters. The van der Waals surface area contributed by atoms with Gasteiger partial charge in [-0.05, 0) is 68.1 Å². The van der Waals surface area contributed by atoms with E-state index in [0.29, 0.717) is 19.7 Å². The lowest BCUT2D eigenvalue weighted by molar-refractivity contribution is -0.0993. The maximum Gasteiger partial charge on any atom is 0.129 e. The van der Waals surface area contributed by atoms with Crippen molar-refractivity contribution in [2.45, 2.75) is 45.4 Å². The molecule has 1 heterocycles. The zero-order chi connectivity index (χ0) is 20.1. The van der Waals surface area contributed by atoms with Crippen molar-refractivity contribution in [3.05, 3.63) is 59.2 Å². The van der Waals surface area contributed by atoms with Crippen LogP contribution in [-0.2, 0) is 6.54 Å². The third-order valence-corrected chi connectivity index (χ3v) is 5.13. The van der Waals surface area contributed by atoms with Gasteiger partial charge in [-0.2, -0.15) is 0 Å². The Morgan fingerprint density at radius 2 is 1.76 bits per heavy atom. The van der Waals surface area contributed by atoms with E-state index in [9.17, 15) is 5.11 Å². The standard InChI is InChI=1S/C23H32N2O3.ClH/c1-17-12-18(2)14-21(13-17)28-22-8-10-25(16-23(22,3)26)15-19-4-6-20(7-5-19)27-11-9-24;/h4-7,12-14,22,26H,8-11,15-16,24H2,1-3H3;1H/t22-,23-;/m0./s1. The second-order valence-corrected chi connectivity index (χ2v) is 8.07. The Labute approximate surface area is 180 Å². The minimum absolute atomic E-state index is 0. The van der Waals surface area contributed by atoms with Gasteiger partial charge in [0.05, 0.1) is 0 Å². The molecule has 3 N–H and O–H groups in total. The van der Waals surface area contributed by atoms with Crippen LogP contribution in [0.2, 0.25) is 0 Å². The first-order valence-electron chi connectivity index (χ1n) is 9.97. The normalized spacial score (nSPS) is 22.0. The Hall–Kier alpha value is -1.79. The average Bonchev–Trinajstić information content (AvgIpc) is 2.62. The monoisotopic (exact) mass is 420 g/mol. The highest BCUT2D eigenvalue weighted by Crippen LogP contribution is 2.28. The molecule has 1 aliphatic heterocycles. The quantitative estimate of drug-likeness (QED) is 0.717. The Morgan fingerprint density at radius 1 is 1.10 bits per heavy atom. The summed E-state index contributed by atoms with van der Waals surface area (Å²) < 4.78 is 11.7. The molecule has 6 heteroatoms. The lowest BCUT2D eigenvalue weighted by atomic mass is 9.91. The molecule has 160 valence electrons. The van der Waals surface area contributed by atoms with Crippen molar-refractivity contribution in [1.29, 1.82) is 0 Å². The molecule has 0 aromatic heterocycles. The van der Waals surface area contributed by atoms with Crippen LogP contribution in [0.3, 0.4) is 0 Å². The number of ether oxygens (including phenoxy) is 2. The van der Waals surface area contributed by atoms with Crippen molar-refractivity contribution in [2.75, 3.05) is 26.2 Å². The van der Waals surface area contributed by atoms with E-state index >= 15 is 0 Å². The van der Waals surface area contributed by atoms with Gasteiger partial charge in [-0.25, -0.2) is 0 Å². The molecule has 5 nitrogen and oxygen atoms in total. The average molecular weight is 421 g/mol. The number of aliphatic hydroxyl groups is 1. The van der Waals surface area contributed by atoms with E-state index in [2.05, 4.69) is 36.9 Å². The van der Waals surface area contributed by atoms with Gasteiger partial charge in [0.15, 0.2) is 0 Å². The largest absolute Gasteiger partial charge is 0.492 e. The Bertz CT molecular complexity index is 760. The van der Waals surface area contributed by atoms with Crippen molar-refractivity contribution < 1.29 is 14.6 Å². The van der Waals surface area contributed by atoms with Gasteiger partial charge < -0.3 is 20.3 Å². The van der Waals surface area contributed by atoms with Crippen molar-refractivity contribution in [1.82, 2.24) is 4.90 Å². The molecule has 0 unspecified atom stereocenters. The number of aryl methyl sites for hydroxylation is 2. The molecule has 0 aliphatic carbocycles. The fraction of sp³-hybridized carbons (Fsp3) is 0.478. The topological polar surface area (TPSA) is 68.0 Å². The zero-order valence-electron chi connectivity index (χ0n) is 17.6. The first-order valence-corrected chi connectivity index (χ1v) is 9.97. The summed E-state index contributed by atoms with van der Waals surface area (Å²) in [5, 5.41) is 11.0. The molecular weight excluding hydrogens is 388 g/mol. The number of rotatable bonds is 7. The lowest BCUT2D eigenvalue weighted by Crippen LogP contribution is -2.56. The molecule has 0 bridgehead atoms. The number of hydrogen-bond donors (Lipinski definition) is 2. The van der Waals surface area contributed by atoms with Gasteiger partial charge in [0.1, 0.15) is 29.8 Å². The minimum atomic E-state index is -0.903. The maximum atomic E-state index is 11.0. The van der Waals surface area contributed by atoms with Crippen LogP contribution in [0, 0.1) is 13.8 Å². The summed E-state index contributed by atoms with van der Waals surface area (Å²) in [4.78, 5) is 2.27. The van der Waals surface area contributed by atoms with Crippen molar-refractivity contribution in [3.63, 3.8) is 0 Å². The predicted molar refractivity (Wildman–Crippen MR) is 119 cm³/mol. The number of halogens is 1. The number of β-amino-alcohol motifs (C(OH)–C–C–N with tert-alkyl or cyclic N) is 1. The van der Waals surface area contributed by atoms with E-state index in [1.807, 2.05) is 31.2 Å². The molecule has 0 saturated carbocycles. The summed E-state index contributed by atoms with van der Waals surface area (Å²) in [6.07, 6.45) is 0.578. The summed E-state index contributed by atoms with van der Waals surface area (Å²) >= 11 is 0. The predicted octanol–water partition coefficient (Wildman–Crippen LogP) is 3.47. The fourth-order valence-corrected chi connectivity index (χ4v) is 3.86. The summed E-state index contributed by atoms with van der Waals surface area (Å²) in [5.74, 6) is 1.67. The summed E-state index contributed by atoms with van der Waals surface area (Å²) in [5.41, 5.74) is 8.10. The SMILES string of the molecule is Cc1cc(C)cc(O[C@H]2CCN(Cc3ccc(OCCN)cc3)C[C@]2(C)O)c1.Cl. The zero-order valence-corrected chi connectivity index (χ0v) is 18.4. The van der Waals surface area contributed by atoms with Gasteiger partial charge in [-0.3, -0.25) is 4.90 Å². The molecule has 1 saturated heterocycles. The first kappa shape index (κ1) is 23.5. The number of likely N-dealkylation sites (tertiary alicyclic amines) is 1. The highest BCUT2D eigenvalue weighted by Gasteiger charge is 2.39. The van der Waals surface area contributed by atoms with E-state index in [1.54, 1.807) is 0 Å². The van der Waals surface area contributed by atoms with Crippen molar-refractivity contribution >= 4 is 12.4 Å². The number of piperidine rings is 1. The van der Waals surface area contributed by atoms with Gasteiger partial charge in [-0.15, -0.1) is 12.4 Å². The van der Waals surface area contributed by atoms with E-state index in [1.165, 1.54) is 16.7 Å². The van der Waals surface area contributed by atoms with Gasteiger partial charge >= 0.3 is 0 Å². The second-order valence-electron chi connectivity index (χ2n) is 8.07. The van der Waals surface area contributed by atoms with E-state index < -0.39 is 5.60 Å². The van der Waals surface area contributed by atoms with Crippen molar-refractivity contribution in [3.8, 4) is 11.5 Å². The lowest BCUT2D eigenvalue weighted by Gasteiger charge is -2.42. The van der Waals surface area contributed by atoms with Crippen LogP contribution in [0.1, 0.15) is 30.0 Å². The second kappa shape index (κ2) is 10.3. The van der Waals surface area contributed by atoms with Crippen LogP contribution in [-0.4, -0.2) is 48.0 Å². The van der Waals surface area contributed by atoms with Crippen molar-refractivity contribution in [2.24, 2.45) is 5.73 Å². The number of benzene rings is 2. The number of nitrogens with zero attached hydrogens (tertiary/aromatic N) is 1. The fourth-order valence-electron chi connectivity index (χ4n) is 3.86. The third kappa shape index (κ3) is 6.61. The molecular formula is C23H33ClN2O3. The Morgan fingerprint density at radius 3 is 2.34 bits per heavy atom. The van der Waals surface area contributed by atoms with E-state index in [4.69, 9.17) is 15.2 Å². The van der Waals surface area contributed by atoms with Crippen LogP contribution >= 0.6 is 12.4 Å². The molecule has 1 aliphatic rings. The van der Waals surface area contributed by atoms with E-state index in [-0.39, 0.29) is 18.5 Å². The summed E-state index contributed by atoms with van der Waals surface area (Å²) in [7, 11) is 0. The molecule has 1 fully saturated rings. The van der Waals surface area contributed by atoms with E-state index in [0.717, 1.165) is 31.0 Å². The summed E-state index contributed by atoms with van der Waals surface area (Å²) in [6, 6.07) is 14.3. The highest BCUT2D eigenvalue weighted by atomic mass is 35.5. The maximum absolute atomic E-state index is 11.0. The van der Waals surface area contributed by atoms with Crippen LogP contribution in [0.15, 0.2) is 42.5 Å². The van der Waals surface area contributed by atoms with Crippen LogP contribution in [0.5, 0.6) is 11.5 Å². The van der Waals surface area contributed by atoms with Gasteiger partial charge in [0.2, 0.25) is 0 Å². The molecule has 0 spiro atoms. The Kier molecular flexibility index (Phi) is 8.34. The number of hydrogen-bond acceptors (Lipinski definition) is 5. The Balaban J connectivity index is 0.00000300.